The number of halogens is 2. The number of imidazole rings is 1. The Morgan fingerprint density at radius 2 is 1.96 bits per heavy atom. The molecule has 27 heavy (non-hydrogen) atoms. The van der Waals surface area contributed by atoms with Crippen molar-refractivity contribution >= 4 is 33.2 Å². The highest BCUT2D eigenvalue weighted by Crippen LogP contribution is 2.30. The summed E-state index contributed by atoms with van der Waals surface area (Å²) in [5.74, 6) is 0.868. The summed E-state index contributed by atoms with van der Waals surface area (Å²) >= 11 is 9.81. The van der Waals surface area contributed by atoms with Crippen molar-refractivity contribution < 1.29 is 4.74 Å². The first-order valence-electron chi connectivity index (χ1n) is 8.61. The summed E-state index contributed by atoms with van der Waals surface area (Å²) in [5.41, 5.74) is 6.43. The number of fused-ring (bicyclic) bond motifs is 1. The minimum atomic E-state index is 0.706. The van der Waals surface area contributed by atoms with Crippen molar-refractivity contribution in [3.63, 3.8) is 0 Å². The summed E-state index contributed by atoms with van der Waals surface area (Å²) in [6.45, 7) is 2.11. The zero-order chi connectivity index (χ0) is 19.0. The van der Waals surface area contributed by atoms with E-state index in [0.717, 1.165) is 39.2 Å². The van der Waals surface area contributed by atoms with Crippen LogP contribution in [0, 0.1) is 6.92 Å². The van der Waals surface area contributed by atoms with E-state index >= 15 is 0 Å². The van der Waals surface area contributed by atoms with Crippen LogP contribution in [0.1, 0.15) is 16.8 Å². The molecule has 0 unspecified atom stereocenters. The van der Waals surface area contributed by atoms with E-state index in [4.69, 9.17) is 21.3 Å². The third kappa shape index (κ3) is 3.60. The molecule has 0 spiro atoms. The number of ether oxygens (including phenoxy) is 1. The van der Waals surface area contributed by atoms with Crippen molar-refractivity contribution in [2.24, 2.45) is 0 Å². The molecule has 5 heteroatoms. The first-order valence-corrected chi connectivity index (χ1v) is 9.78. The Bertz CT molecular complexity index is 1140. The van der Waals surface area contributed by atoms with Crippen molar-refractivity contribution in [1.82, 2.24) is 9.38 Å². The number of methoxy groups -OCH3 is 1. The lowest BCUT2D eigenvalue weighted by atomic mass is 10.0. The van der Waals surface area contributed by atoms with Crippen LogP contribution in [0.5, 0.6) is 5.75 Å². The van der Waals surface area contributed by atoms with Gasteiger partial charge in [0, 0.05) is 27.7 Å². The van der Waals surface area contributed by atoms with Gasteiger partial charge in [0.15, 0.2) is 0 Å². The summed E-state index contributed by atoms with van der Waals surface area (Å²) in [6.07, 6.45) is 2.82. The molecular formula is C22H18BrClN2O. The van der Waals surface area contributed by atoms with E-state index in [-0.39, 0.29) is 0 Å². The Kier molecular flexibility index (Phi) is 4.94. The minimum absolute atomic E-state index is 0.706. The first kappa shape index (κ1) is 18.1. The SMILES string of the molecule is COc1ccc(Cc2c(-c3cccc(Cl)c3)nc3ccc(Br)cn23)c(C)c1. The third-order valence-electron chi connectivity index (χ3n) is 4.69. The fourth-order valence-electron chi connectivity index (χ4n) is 3.28. The van der Waals surface area contributed by atoms with Crippen LogP contribution < -0.4 is 4.74 Å². The predicted octanol–water partition coefficient (Wildman–Crippen LogP) is 6.33. The van der Waals surface area contributed by atoms with E-state index in [2.05, 4.69) is 45.6 Å². The average Bonchev–Trinajstić information content (AvgIpc) is 3.01. The number of hydrogen-bond acceptors (Lipinski definition) is 2. The number of hydrogen-bond donors (Lipinski definition) is 0. The molecule has 0 N–H and O–H groups in total. The molecule has 0 amide bonds. The second-order valence-corrected chi connectivity index (χ2v) is 7.81. The second-order valence-electron chi connectivity index (χ2n) is 6.46. The monoisotopic (exact) mass is 440 g/mol. The lowest BCUT2D eigenvalue weighted by molar-refractivity contribution is 0.414. The van der Waals surface area contributed by atoms with Gasteiger partial charge in [-0.3, -0.25) is 0 Å². The lowest BCUT2D eigenvalue weighted by Gasteiger charge is -2.10. The molecule has 4 aromatic rings. The molecule has 0 aliphatic rings. The molecular weight excluding hydrogens is 424 g/mol. The van der Waals surface area contributed by atoms with E-state index in [1.807, 2.05) is 42.5 Å². The van der Waals surface area contributed by atoms with Crippen LogP contribution in [0.15, 0.2) is 65.3 Å². The molecule has 2 aromatic carbocycles. The van der Waals surface area contributed by atoms with Gasteiger partial charge in [0.1, 0.15) is 11.4 Å². The number of nitrogens with zero attached hydrogens (tertiary/aromatic N) is 2. The second kappa shape index (κ2) is 7.37. The first-order chi connectivity index (χ1) is 13.0. The molecule has 0 radical (unpaired) electrons. The van der Waals surface area contributed by atoms with Crippen LogP contribution in [-0.2, 0) is 6.42 Å². The summed E-state index contributed by atoms with van der Waals surface area (Å²) in [7, 11) is 1.69. The lowest BCUT2D eigenvalue weighted by Crippen LogP contribution is -1.99. The van der Waals surface area contributed by atoms with E-state index in [1.165, 1.54) is 11.1 Å². The Balaban J connectivity index is 1.89. The third-order valence-corrected chi connectivity index (χ3v) is 5.39. The summed E-state index contributed by atoms with van der Waals surface area (Å²) in [5, 5.41) is 0.706. The van der Waals surface area contributed by atoms with Crippen LogP contribution in [-0.4, -0.2) is 16.5 Å². The maximum absolute atomic E-state index is 6.23. The normalized spacial score (nSPS) is 11.1. The number of pyridine rings is 1. The number of benzene rings is 2. The zero-order valence-electron chi connectivity index (χ0n) is 15.0. The van der Waals surface area contributed by atoms with Crippen molar-refractivity contribution in [2.45, 2.75) is 13.3 Å². The molecule has 0 saturated heterocycles. The van der Waals surface area contributed by atoms with Gasteiger partial charge in [0.2, 0.25) is 0 Å². The maximum atomic E-state index is 6.23. The Labute approximate surface area is 171 Å². The molecule has 2 aromatic heterocycles. The fraction of sp³-hybridized carbons (Fsp3) is 0.136. The summed E-state index contributed by atoms with van der Waals surface area (Å²) in [4.78, 5) is 4.88. The topological polar surface area (TPSA) is 26.5 Å². The van der Waals surface area contributed by atoms with Crippen molar-refractivity contribution in [2.75, 3.05) is 7.11 Å². The van der Waals surface area contributed by atoms with E-state index in [1.54, 1.807) is 7.11 Å². The van der Waals surface area contributed by atoms with Crippen LogP contribution >= 0.6 is 27.5 Å². The molecule has 0 fully saturated rings. The fourth-order valence-corrected chi connectivity index (χ4v) is 3.80. The highest BCUT2D eigenvalue weighted by atomic mass is 79.9. The average molecular weight is 442 g/mol. The molecule has 0 bridgehead atoms. The maximum Gasteiger partial charge on any atom is 0.137 e. The van der Waals surface area contributed by atoms with Gasteiger partial charge in [0.05, 0.1) is 18.5 Å². The highest BCUT2D eigenvalue weighted by Gasteiger charge is 2.16. The predicted molar refractivity (Wildman–Crippen MR) is 114 cm³/mol. The number of aryl methyl sites for hydroxylation is 1. The Morgan fingerprint density at radius 3 is 2.70 bits per heavy atom. The molecule has 0 atom stereocenters. The van der Waals surface area contributed by atoms with Gasteiger partial charge < -0.3 is 9.14 Å². The van der Waals surface area contributed by atoms with Crippen LogP contribution in [0.4, 0.5) is 0 Å². The van der Waals surface area contributed by atoms with Gasteiger partial charge in [-0.15, -0.1) is 0 Å². The smallest absolute Gasteiger partial charge is 0.137 e. The Hall–Kier alpha value is -2.30. The van der Waals surface area contributed by atoms with E-state index < -0.39 is 0 Å². The molecule has 0 aliphatic heterocycles. The van der Waals surface area contributed by atoms with Gasteiger partial charge in [-0.25, -0.2) is 4.98 Å². The van der Waals surface area contributed by atoms with Crippen molar-refractivity contribution in [3.05, 3.63) is 87.1 Å². The van der Waals surface area contributed by atoms with Gasteiger partial charge in [0.25, 0.3) is 0 Å². The molecule has 0 saturated carbocycles. The van der Waals surface area contributed by atoms with Gasteiger partial charge >= 0.3 is 0 Å². The van der Waals surface area contributed by atoms with E-state index in [0.29, 0.717) is 5.02 Å². The zero-order valence-corrected chi connectivity index (χ0v) is 17.4. The van der Waals surface area contributed by atoms with Crippen molar-refractivity contribution in [1.29, 1.82) is 0 Å². The number of aromatic nitrogens is 2. The molecule has 0 aliphatic carbocycles. The van der Waals surface area contributed by atoms with Crippen LogP contribution in [0.3, 0.4) is 0 Å². The molecule has 2 heterocycles. The van der Waals surface area contributed by atoms with Gasteiger partial charge in [-0.05, 0) is 70.4 Å². The Morgan fingerprint density at radius 1 is 1.11 bits per heavy atom. The van der Waals surface area contributed by atoms with Crippen molar-refractivity contribution in [3.8, 4) is 17.0 Å². The molecule has 4 rings (SSSR count). The largest absolute Gasteiger partial charge is 0.497 e. The summed E-state index contributed by atoms with van der Waals surface area (Å²) < 4.78 is 8.49. The summed E-state index contributed by atoms with van der Waals surface area (Å²) in [6, 6.07) is 18.1. The van der Waals surface area contributed by atoms with Crippen LogP contribution in [0.25, 0.3) is 16.9 Å². The van der Waals surface area contributed by atoms with E-state index in [9.17, 15) is 0 Å². The molecule has 3 nitrogen and oxygen atoms in total. The minimum Gasteiger partial charge on any atom is -0.497 e. The quantitative estimate of drug-likeness (QED) is 0.370. The van der Waals surface area contributed by atoms with Gasteiger partial charge in [-0.1, -0.05) is 29.8 Å². The number of rotatable bonds is 4. The van der Waals surface area contributed by atoms with Gasteiger partial charge in [-0.2, -0.15) is 0 Å². The molecule has 136 valence electrons. The van der Waals surface area contributed by atoms with Crippen LogP contribution in [0.2, 0.25) is 5.02 Å². The highest BCUT2D eigenvalue weighted by molar-refractivity contribution is 9.10. The standard InChI is InChI=1S/C22H18BrClN2O/c1-14-10-19(27-2)8-6-15(14)12-20-22(16-4-3-5-18(24)11-16)25-21-9-7-17(23)13-26(20)21/h3-11,13H,12H2,1-2H3.